The summed E-state index contributed by atoms with van der Waals surface area (Å²) in [7, 11) is -2.24. The van der Waals surface area contributed by atoms with E-state index in [0.717, 1.165) is 17.8 Å². The van der Waals surface area contributed by atoms with E-state index in [-0.39, 0.29) is 22.8 Å². The maximum atomic E-state index is 12.7. The van der Waals surface area contributed by atoms with E-state index in [9.17, 15) is 18.0 Å². The third-order valence-electron chi connectivity index (χ3n) is 5.34. The normalized spacial score (nSPS) is 11.5. The van der Waals surface area contributed by atoms with E-state index >= 15 is 0 Å². The van der Waals surface area contributed by atoms with Gasteiger partial charge in [-0.05, 0) is 56.7 Å². The summed E-state index contributed by atoms with van der Waals surface area (Å²) in [5.41, 5.74) is 2.24. The number of nitrogens with one attached hydrogen (secondary N) is 1. The smallest absolute Gasteiger partial charge is 0.338 e. The average molecular weight is 489 g/mol. The molecule has 0 bridgehead atoms. The number of ketones is 1. The lowest BCUT2D eigenvalue weighted by molar-refractivity contribution is 0.0474. The standard InChI is InChI=1S/C24H28N2O7S/c1-17-13-22(18(2)26(17)10-6-11-31-3)23(27)16-33-24(28)19-7-4-9-21(14-19)34(29,30)25-15-20-8-5-12-32-20/h4-5,7-9,12-14,25H,6,10-11,15-16H2,1-3H3. The van der Waals surface area contributed by atoms with Crippen LogP contribution in [0.25, 0.3) is 0 Å². The van der Waals surface area contributed by atoms with Gasteiger partial charge in [0, 0.05) is 37.2 Å². The topological polar surface area (TPSA) is 117 Å². The van der Waals surface area contributed by atoms with Crippen molar-refractivity contribution >= 4 is 21.8 Å². The molecule has 0 unspecified atom stereocenters. The second-order valence-corrected chi connectivity index (χ2v) is 9.48. The van der Waals surface area contributed by atoms with E-state index in [0.29, 0.717) is 24.5 Å². The third-order valence-corrected chi connectivity index (χ3v) is 6.73. The van der Waals surface area contributed by atoms with Gasteiger partial charge in [0.15, 0.2) is 6.61 Å². The largest absolute Gasteiger partial charge is 0.468 e. The number of ether oxygens (including phenoxy) is 2. The second-order valence-electron chi connectivity index (χ2n) is 7.71. The van der Waals surface area contributed by atoms with Crippen LogP contribution in [-0.2, 0) is 32.6 Å². The number of aryl methyl sites for hydroxylation is 1. The van der Waals surface area contributed by atoms with E-state index in [1.807, 2.05) is 18.4 Å². The molecule has 1 aromatic carbocycles. The maximum Gasteiger partial charge on any atom is 0.338 e. The molecule has 0 aliphatic heterocycles. The molecule has 3 aromatic rings. The van der Waals surface area contributed by atoms with Gasteiger partial charge in [-0.25, -0.2) is 17.9 Å². The van der Waals surface area contributed by atoms with Gasteiger partial charge in [-0.2, -0.15) is 0 Å². The maximum absolute atomic E-state index is 12.7. The van der Waals surface area contributed by atoms with Gasteiger partial charge >= 0.3 is 5.97 Å². The fourth-order valence-electron chi connectivity index (χ4n) is 3.54. The van der Waals surface area contributed by atoms with Crippen LogP contribution in [0.5, 0.6) is 0 Å². The Bertz CT molecular complexity index is 1240. The number of nitrogens with zero attached hydrogens (tertiary/aromatic N) is 1. The monoisotopic (exact) mass is 488 g/mol. The van der Waals surface area contributed by atoms with E-state index in [4.69, 9.17) is 13.9 Å². The van der Waals surface area contributed by atoms with Crippen molar-refractivity contribution in [1.29, 1.82) is 0 Å². The van der Waals surface area contributed by atoms with Gasteiger partial charge in [0.1, 0.15) is 5.76 Å². The van der Waals surface area contributed by atoms with Crippen molar-refractivity contribution in [3.63, 3.8) is 0 Å². The first-order valence-corrected chi connectivity index (χ1v) is 12.2. The molecule has 182 valence electrons. The molecule has 0 atom stereocenters. The number of esters is 1. The van der Waals surface area contributed by atoms with Crippen LogP contribution in [0.3, 0.4) is 0 Å². The highest BCUT2D eigenvalue weighted by Gasteiger charge is 2.20. The van der Waals surface area contributed by atoms with Gasteiger partial charge in [-0.1, -0.05) is 6.07 Å². The minimum Gasteiger partial charge on any atom is -0.468 e. The molecule has 0 saturated carbocycles. The SMILES string of the molecule is COCCCn1c(C)cc(C(=O)COC(=O)c2cccc(S(=O)(=O)NCc3ccco3)c2)c1C. The molecule has 10 heteroatoms. The molecule has 0 aliphatic carbocycles. The molecule has 1 N–H and O–H groups in total. The summed E-state index contributed by atoms with van der Waals surface area (Å²) < 4.78 is 44.9. The quantitative estimate of drug-likeness (QED) is 0.236. The fraction of sp³-hybridized carbons (Fsp3) is 0.333. The number of carbonyl (C=O) groups is 2. The predicted octanol–water partition coefficient (Wildman–Crippen LogP) is 3.25. The van der Waals surface area contributed by atoms with E-state index < -0.39 is 22.6 Å². The van der Waals surface area contributed by atoms with Crippen LogP contribution in [-0.4, -0.2) is 45.1 Å². The zero-order chi connectivity index (χ0) is 24.7. The Balaban J connectivity index is 1.63. The summed E-state index contributed by atoms with van der Waals surface area (Å²) in [6, 6.07) is 10.5. The Morgan fingerprint density at radius 1 is 1.12 bits per heavy atom. The third kappa shape index (κ3) is 6.22. The Kier molecular flexibility index (Phi) is 8.43. The Hall–Kier alpha value is -3.21. The Morgan fingerprint density at radius 2 is 1.91 bits per heavy atom. The lowest BCUT2D eigenvalue weighted by Gasteiger charge is -2.10. The van der Waals surface area contributed by atoms with Crippen LogP contribution in [0.1, 0.15) is 44.3 Å². The summed E-state index contributed by atoms with van der Waals surface area (Å²) in [6.07, 6.45) is 2.26. The zero-order valence-corrected chi connectivity index (χ0v) is 20.2. The molecule has 3 rings (SSSR count). The molecule has 0 radical (unpaired) electrons. The second kappa shape index (κ2) is 11.3. The number of hydrogen-bond donors (Lipinski definition) is 1. The Morgan fingerprint density at radius 3 is 2.62 bits per heavy atom. The number of furan rings is 1. The molecule has 2 aromatic heterocycles. The highest BCUT2D eigenvalue weighted by atomic mass is 32.2. The predicted molar refractivity (Wildman–Crippen MR) is 124 cm³/mol. The number of benzene rings is 1. The number of methoxy groups -OCH3 is 1. The van der Waals surface area contributed by atoms with Crippen LogP contribution >= 0.6 is 0 Å². The van der Waals surface area contributed by atoms with Gasteiger partial charge in [0.2, 0.25) is 15.8 Å². The number of Topliss-reactive ketones (excluding diaryl/α,β-unsaturated/α-hetero) is 1. The lowest BCUT2D eigenvalue weighted by atomic mass is 10.1. The molecule has 0 fully saturated rings. The minimum absolute atomic E-state index is 0.0254. The van der Waals surface area contributed by atoms with Crippen molar-refractivity contribution in [1.82, 2.24) is 9.29 Å². The molecular weight excluding hydrogens is 460 g/mol. The van der Waals surface area contributed by atoms with E-state index in [1.165, 1.54) is 30.5 Å². The van der Waals surface area contributed by atoms with Gasteiger partial charge in [0.25, 0.3) is 0 Å². The number of aromatic nitrogens is 1. The lowest BCUT2D eigenvalue weighted by Crippen LogP contribution is -2.23. The minimum atomic E-state index is -3.88. The van der Waals surface area contributed by atoms with Gasteiger partial charge in [-0.15, -0.1) is 0 Å². The van der Waals surface area contributed by atoms with Crippen molar-refractivity contribution in [3.8, 4) is 0 Å². The molecule has 0 amide bonds. The molecule has 0 saturated heterocycles. The van der Waals surface area contributed by atoms with Crippen molar-refractivity contribution in [2.45, 2.75) is 38.3 Å². The summed E-state index contributed by atoms with van der Waals surface area (Å²) in [5, 5.41) is 0. The van der Waals surface area contributed by atoms with Gasteiger partial charge in [-0.3, -0.25) is 4.79 Å². The van der Waals surface area contributed by atoms with Gasteiger partial charge < -0.3 is 18.5 Å². The fourth-order valence-corrected chi connectivity index (χ4v) is 4.58. The van der Waals surface area contributed by atoms with Crippen LogP contribution in [0.2, 0.25) is 0 Å². The number of sulfonamides is 1. The van der Waals surface area contributed by atoms with Crippen molar-refractivity contribution in [3.05, 3.63) is 77.0 Å². The van der Waals surface area contributed by atoms with Crippen molar-refractivity contribution in [2.24, 2.45) is 0 Å². The number of carbonyl (C=O) groups excluding carboxylic acids is 2. The molecule has 0 spiro atoms. The highest BCUT2D eigenvalue weighted by molar-refractivity contribution is 7.89. The summed E-state index contributed by atoms with van der Waals surface area (Å²) in [5.74, 6) is -0.663. The van der Waals surface area contributed by atoms with E-state index in [1.54, 1.807) is 25.3 Å². The first kappa shape index (κ1) is 25.4. The first-order chi connectivity index (χ1) is 16.2. The van der Waals surface area contributed by atoms with E-state index in [2.05, 4.69) is 4.72 Å². The number of rotatable bonds is 12. The molecular formula is C24H28N2O7S. The molecule has 0 aliphatic rings. The van der Waals surface area contributed by atoms with Crippen molar-refractivity contribution < 1.29 is 31.9 Å². The van der Waals surface area contributed by atoms with Crippen LogP contribution in [0.4, 0.5) is 0 Å². The molecule has 2 heterocycles. The first-order valence-electron chi connectivity index (χ1n) is 10.7. The average Bonchev–Trinajstić information content (AvgIpc) is 3.45. The molecule has 9 nitrogen and oxygen atoms in total. The highest BCUT2D eigenvalue weighted by Crippen LogP contribution is 2.18. The van der Waals surface area contributed by atoms with Crippen LogP contribution in [0, 0.1) is 13.8 Å². The summed E-state index contributed by atoms with van der Waals surface area (Å²) >= 11 is 0. The van der Waals surface area contributed by atoms with Crippen LogP contribution < -0.4 is 4.72 Å². The summed E-state index contributed by atoms with van der Waals surface area (Å²) in [4.78, 5) is 25.1. The van der Waals surface area contributed by atoms with Gasteiger partial charge in [0.05, 0.1) is 23.3 Å². The van der Waals surface area contributed by atoms with Crippen LogP contribution in [0.15, 0.2) is 58.0 Å². The number of hydrogen-bond acceptors (Lipinski definition) is 7. The Labute approximate surface area is 198 Å². The van der Waals surface area contributed by atoms with Crippen molar-refractivity contribution in [2.75, 3.05) is 20.3 Å². The summed E-state index contributed by atoms with van der Waals surface area (Å²) in [6.45, 7) is 4.61. The zero-order valence-electron chi connectivity index (χ0n) is 19.4. The molecule has 34 heavy (non-hydrogen) atoms.